The minimum Gasteiger partial charge on any atom is -0.349 e. The van der Waals surface area contributed by atoms with Gasteiger partial charge in [0, 0.05) is 17.8 Å². The molecule has 8 heteroatoms. The quantitative estimate of drug-likeness (QED) is 0.819. The van der Waals surface area contributed by atoms with Crippen LogP contribution in [0.1, 0.15) is 68.0 Å². The van der Waals surface area contributed by atoms with E-state index in [1.165, 1.54) is 0 Å². The molecule has 0 spiro atoms. The maximum absolute atomic E-state index is 12.8. The molecular formula is C18H29Cl2N5O. The third-order valence-corrected chi connectivity index (χ3v) is 5.05. The molecule has 1 fully saturated rings. The van der Waals surface area contributed by atoms with Crippen LogP contribution in [0.2, 0.25) is 0 Å². The lowest BCUT2D eigenvalue weighted by molar-refractivity contribution is 0.0927. The molecule has 2 aromatic heterocycles. The van der Waals surface area contributed by atoms with Crippen LogP contribution in [0, 0.1) is 6.92 Å². The molecule has 1 saturated carbocycles. The molecule has 0 aliphatic heterocycles. The number of nitrogens with two attached hydrogens (primary N) is 1. The molecule has 1 aliphatic rings. The molecule has 0 saturated heterocycles. The first-order valence-corrected chi connectivity index (χ1v) is 8.91. The van der Waals surface area contributed by atoms with E-state index in [1.807, 2.05) is 17.7 Å². The number of hydrogen-bond acceptors (Lipinski definition) is 4. The second-order valence-corrected chi connectivity index (χ2v) is 6.98. The van der Waals surface area contributed by atoms with Crippen molar-refractivity contribution in [2.75, 3.05) is 0 Å². The van der Waals surface area contributed by atoms with Crippen LogP contribution in [0.3, 0.4) is 0 Å². The highest BCUT2D eigenvalue weighted by atomic mass is 35.5. The first-order chi connectivity index (χ1) is 11.5. The minimum atomic E-state index is -0.0327. The Bertz CT molecular complexity index is 741. The van der Waals surface area contributed by atoms with Crippen LogP contribution >= 0.6 is 24.8 Å². The Morgan fingerprint density at radius 1 is 1.35 bits per heavy atom. The molecule has 1 aliphatic carbocycles. The van der Waals surface area contributed by atoms with E-state index >= 15 is 0 Å². The van der Waals surface area contributed by atoms with E-state index in [2.05, 4.69) is 29.2 Å². The number of halogens is 2. The second-order valence-electron chi connectivity index (χ2n) is 6.98. The Balaban J connectivity index is 0.00000169. The summed E-state index contributed by atoms with van der Waals surface area (Å²) in [5, 5.41) is 8.46. The van der Waals surface area contributed by atoms with E-state index in [1.54, 1.807) is 6.20 Å². The van der Waals surface area contributed by atoms with Gasteiger partial charge in [0.25, 0.3) is 5.91 Å². The first-order valence-electron chi connectivity index (χ1n) is 8.91. The van der Waals surface area contributed by atoms with Crippen molar-refractivity contribution in [3.63, 3.8) is 0 Å². The third kappa shape index (κ3) is 4.67. The number of aromatic nitrogens is 3. The number of hydrogen-bond donors (Lipinski definition) is 2. The molecule has 3 N–H and O–H groups in total. The van der Waals surface area contributed by atoms with Crippen molar-refractivity contribution < 1.29 is 4.79 Å². The minimum absolute atomic E-state index is 0. The summed E-state index contributed by atoms with van der Waals surface area (Å²) >= 11 is 0. The van der Waals surface area contributed by atoms with E-state index in [0.717, 1.165) is 48.8 Å². The number of carbonyl (C=O) groups is 1. The van der Waals surface area contributed by atoms with Gasteiger partial charge in [-0.2, -0.15) is 5.10 Å². The fourth-order valence-electron chi connectivity index (χ4n) is 3.35. The number of rotatable bonds is 4. The zero-order valence-electron chi connectivity index (χ0n) is 15.6. The van der Waals surface area contributed by atoms with Gasteiger partial charge in [0.2, 0.25) is 0 Å². The molecular weight excluding hydrogens is 373 g/mol. The van der Waals surface area contributed by atoms with Crippen molar-refractivity contribution in [2.45, 2.75) is 71.0 Å². The number of nitrogens with zero attached hydrogens (tertiary/aromatic N) is 3. The maximum Gasteiger partial charge on any atom is 0.252 e. The van der Waals surface area contributed by atoms with Crippen molar-refractivity contribution >= 4 is 41.8 Å². The summed E-state index contributed by atoms with van der Waals surface area (Å²) in [5.74, 6) is -0.0327. The molecule has 1 amide bonds. The van der Waals surface area contributed by atoms with E-state index in [9.17, 15) is 4.79 Å². The molecule has 0 radical (unpaired) electrons. The first kappa shape index (κ1) is 22.7. The normalized spacial score (nSPS) is 20.8. The van der Waals surface area contributed by atoms with Crippen LogP contribution < -0.4 is 11.1 Å². The van der Waals surface area contributed by atoms with Gasteiger partial charge in [-0.25, -0.2) is 9.67 Å². The number of fused-ring (bicyclic) bond motifs is 1. The third-order valence-electron chi connectivity index (χ3n) is 5.05. The van der Waals surface area contributed by atoms with E-state index in [0.29, 0.717) is 5.56 Å². The van der Waals surface area contributed by atoms with Gasteiger partial charge in [0.05, 0.1) is 23.2 Å². The predicted molar refractivity (Wildman–Crippen MR) is 109 cm³/mol. The number of amides is 1. The summed E-state index contributed by atoms with van der Waals surface area (Å²) in [5.41, 5.74) is 8.24. The highest BCUT2D eigenvalue weighted by molar-refractivity contribution is 6.05. The van der Waals surface area contributed by atoms with Crippen LogP contribution in [-0.4, -0.2) is 32.8 Å². The van der Waals surface area contributed by atoms with Crippen molar-refractivity contribution in [3.8, 4) is 0 Å². The van der Waals surface area contributed by atoms with E-state index < -0.39 is 0 Å². The van der Waals surface area contributed by atoms with Crippen molar-refractivity contribution in [1.82, 2.24) is 20.1 Å². The van der Waals surface area contributed by atoms with Crippen LogP contribution in [-0.2, 0) is 0 Å². The fourth-order valence-corrected chi connectivity index (χ4v) is 3.35. The van der Waals surface area contributed by atoms with Gasteiger partial charge in [-0.15, -0.1) is 24.8 Å². The number of nitrogens with one attached hydrogen (secondary N) is 1. The summed E-state index contributed by atoms with van der Waals surface area (Å²) in [6.07, 6.45) is 6.58. The lowest BCUT2D eigenvalue weighted by Crippen LogP contribution is -2.40. The molecule has 6 nitrogen and oxygen atoms in total. The molecule has 3 rings (SSSR count). The van der Waals surface area contributed by atoms with Crippen LogP contribution in [0.4, 0.5) is 0 Å². The largest absolute Gasteiger partial charge is 0.349 e. The average molecular weight is 402 g/mol. The van der Waals surface area contributed by atoms with Crippen LogP contribution in [0.5, 0.6) is 0 Å². The lowest BCUT2D eigenvalue weighted by Gasteiger charge is -2.26. The van der Waals surface area contributed by atoms with Gasteiger partial charge < -0.3 is 11.1 Å². The molecule has 1 unspecified atom stereocenters. The van der Waals surface area contributed by atoms with Crippen molar-refractivity contribution in [3.05, 3.63) is 23.5 Å². The summed E-state index contributed by atoms with van der Waals surface area (Å²) in [4.78, 5) is 17.4. The number of carbonyl (C=O) groups excluding carboxylic acids is 1. The van der Waals surface area contributed by atoms with Gasteiger partial charge in [-0.05, 0) is 52.0 Å². The van der Waals surface area contributed by atoms with E-state index in [4.69, 9.17) is 5.73 Å². The van der Waals surface area contributed by atoms with Gasteiger partial charge in [-0.3, -0.25) is 4.79 Å². The zero-order valence-corrected chi connectivity index (χ0v) is 17.2. The maximum atomic E-state index is 12.8. The van der Waals surface area contributed by atoms with Gasteiger partial charge >= 0.3 is 0 Å². The van der Waals surface area contributed by atoms with Crippen LogP contribution in [0.25, 0.3) is 11.0 Å². The number of aryl methyl sites for hydroxylation is 1. The second kappa shape index (κ2) is 9.53. The molecule has 0 bridgehead atoms. The smallest absolute Gasteiger partial charge is 0.252 e. The Labute approximate surface area is 167 Å². The van der Waals surface area contributed by atoms with Crippen LogP contribution in [0.15, 0.2) is 12.3 Å². The fraction of sp³-hybridized carbons (Fsp3) is 0.611. The van der Waals surface area contributed by atoms with E-state index in [-0.39, 0.29) is 48.8 Å². The molecule has 1 atom stereocenters. The topological polar surface area (TPSA) is 85.8 Å². The van der Waals surface area contributed by atoms with Gasteiger partial charge in [-0.1, -0.05) is 6.92 Å². The summed E-state index contributed by atoms with van der Waals surface area (Å²) < 4.78 is 1.92. The summed E-state index contributed by atoms with van der Waals surface area (Å²) in [7, 11) is 0. The summed E-state index contributed by atoms with van der Waals surface area (Å²) in [6, 6.07) is 2.61. The monoisotopic (exact) mass is 401 g/mol. The Hall–Kier alpha value is -1.37. The van der Waals surface area contributed by atoms with Gasteiger partial charge in [0.1, 0.15) is 0 Å². The molecule has 26 heavy (non-hydrogen) atoms. The predicted octanol–water partition coefficient (Wildman–Crippen LogP) is 3.55. The van der Waals surface area contributed by atoms with Gasteiger partial charge in [0.15, 0.2) is 5.65 Å². The zero-order chi connectivity index (χ0) is 17.3. The lowest BCUT2D eigenvalue weighted by atomic mass is 9.91. The Morgan fingerprint density at radius 2 is 2.00 bits per heavy atom. The Kier molecular flexibility index (Phi) is 8.31. The molecule has 2 heterocycles. The number of pyridine rings is 1. The Morgan fingerprint density at radius 3 is 2.62 bits per heavy atom. The highest BCUT2D eigenvalue weighted by Gasteiger charge is 2.23. The highest BCUT2D eigenvalue weighted by Crippen LogP contribution is 2.23. The molecule has 0 aromatic carbocycles. The SMILES string of the molecule is CCC(C)n1ncc2c(C(=O)NC3CCC(N)CC3)cc(C)nc21.Cl.Cl. The molecule has 146 valence electrons. The standard InChI is InChI=1S/C18H27N5O.2ClH/c1-4-12(3)23-17-16(10-20-23)15(9-11(2)21-17)18(24)22-14-7-5-13(19)6-8-14;;/h9-10,12-14H,4-8,19H2,1-3H3,(H,22,24);2*1H. The molecule has 2 aromatic rings. The average Bonchev–Trinajstić information content (AvgIpc) is 2.99. The summed E-state index contributed by atoms with van der Waals surface area (Å²) in [6.45, 7) is 6.15. The van der Waals surface area contributed by atoms with Crippen molar-refractivity contribution in [2.24, 2.45) is 5.73 Å². The van der Waals surface area contributed by atoms with Crippen molar-refractivity contribution in [1.29, 1.82) is 0 Å².